The first-order valence-electron chi connectivity index (χ1n) is 5.55. The lowest BCUT2D eigenvalue weighted by molar-refractivity contribution is 0.0993. The third-order valence-electron chi connectivity index (χ3n) is 2.68. The summed E-state index contributed by atoms with van der Waals surface area (Å²) in [5.41, 5.74) is 2.38. The SMILES string of the molecule is CN(C(=O)c1cccc(CCl)c1)c1ccncc1. The lowest BCUT2D eigenvalue weighted by Crippen LogP contribution is -2.26. The molecule has 0 saturated carbocycles. The van der Waals surface area contributed by atoms with Crippen LogP contribution < -0.4 is 4.90 Å². The van der Waals surface area contributed by atoms with Crippen LogP contribution in [0.2, 0.25) is 0 Å². The van der Waals surface area contributed by atoms with Gasteiger partial charge in [0.25, 0.3) is 5.91 Å². The molecule has 0 N–H and O–H groups in total. The smallest absolute Gasteiger partial charge is 0.258 e. The predicted molar refractivity (Wildman–Crippen MR) is 73.0 cm³/mol. The number of rotatable bonds is 3. The van der Waals surface area contributed by atoms with E-state index in [1.54, 1.807) is 42.5 Å². The minimum atomic E-state index is -0.0619. The number of anilines is 1. The Balaban J connectivity index is 2.25. The van der Waals surface area contributed by atoms with Crippen molar-refractivity contribution in [2.24, 2.45) is 0 Å². The number of carbonyl (C=O) groups is 1. The van der Waals surface area contributed by atoms with Crippen LogP contribution in [-0.2, 0) is 5.88 Å². The van der Waals surface area contributed by atoms with E-state index >= 15 is 0 Å². The predicted octanol–water partition coefficient (Wildman–Crippen LogP) is 3.10. The minimum Gasteiger partial charge on any atom is -0.311 e. The number of pyridine rings is 1. The zero-order valence-corrected chi connectivity index (χ0v) is 10.8. The van der Waals surface area contributed by atoms with Gasteiger partial charge in [-0.2, -0.15) is 0 Å². The molecule has 4 heteroatoms. The van der Waals surface area contributed by atoms with Crippen molar-refractivity contribution in [3.05, 3.63) is 59.9 Å². The van der Waals surface area contributed by atoms with Gasteiger partial charge in [0, 0.05) is 36.6 Å². The molecule has 3 nitrogen and oxygen atoms in total. The zero-order valence-electron chi connectivity index (χ0n) is 10.0. The number of hydrogen-bond acceptors (Lipinski definition) is 2. The fourth-order valence-electron chi connectivity index (χ4n) is 1.67. The van der Waals surface area contributed by atoms with Crippen LogP contribution in [0.25, 0.3) is 0 Å². The van der Waals surface area contributed by atoms with Crippen LogP contribution in [0.3, 0.4) is 0 Å². The van der Waals surface area contributed by atoms with Gasteiger partial charge in [-0.25, -0.2) is 0 Å². The Kier molecular flexibility index (Phi) is 3.95. The van der Waals surface area contributed by atoms with Gasteiger partial charge in [0.1, 0.15) is 0 Å². The van der Waals surface area contributed by atoms with E-state index in [9.17, 15) is 4.79 Å². The van der Waals surface area contributed by atoms with E-state index in [-0.39, 0.29) is 5.91 Å². The molecule has 1 aromatic carbocycles. The number of halogens is 1. The van der Waals surface area contributed by atoms with Crippen molar-refractivity contribution in [2.75, 3.05) is 11.9 Å². The maximum absolute atomic E-state index is 12.3. The Morgan fingerprint density at radius 2 is 2.00 bits per heavy atom. The van der Waals surface area contributed by atoms with Crippen molar-refractivity contribution < 1.29 is 4.79 Å². The van der Waals surface area contributed by atoms with E-state index in [2.05, 4.69) is 4.98 Å². The van der Waals surface area contributed by atoms with Gasteiger partial charge in [0.2, 0.25) is 0 Å². The number of aromatic nitrogens is 1. The van der Waals surface area contributed by atoms with Gasteiger partial charge in [-0.05, 0) is 29.8 Å². The first-order chi connectivity index (χ1) is 8.72. The fraction of sp³-hybridized carbons (Fsp3) is 0.143. The summed E-state index contributed by atoms with van der Waals surface area (Å²) in [5.74, 6) is 0.341. The summed E-state index contributed by atoms with van der Waals surface area (Å²) in [4.78, 5) is 17.8. The average molecular weight is 261 g/mol. The first-order valence-corrected chi connectivity index (χ1v) is 6.09. The summed E-state index contributed by atoms with van der Waals surface area (Å²) in [7, 11) is 1.74. The van der Waals surface area contributed by atoms with Gasteiger partial charge in [0.15, 0.2) is 0 Å². The molecule has 0 bridgehead atoms. The van der Waals surface area contributed by atoms with Crippen LogP contribution in [0.15, 0.2) is 48.8 Å². The summed E-state index contributed by atoms with van der Waals surface area (Å²) in [6, 6.07) is 10.9. The molecule has 0 aliphatic heterocycles. The lowest BCUT2D eigenvalue weighted by Gasteiger charge is -2.17. The Morgan fingerprint density at radius 1 is 1.28 bits per heavy atom. The quantitative estimate of drug-likeness (QED) is 0.795. The third-order valence-corrected chi connectivity index (χ3v) is 2.99. The molecule has 2 aromatic rings. The van der Waals surface area contributed by atoms with Gasteiger partial charge in [0.05, 0.1) is 0 Å². The van der Waals surface area contributed by atoms with E-state index in [1.807, 2.05) is 18.2 Å². The second-order valence-electron chi connectivity index (χ2n) is 3.90. The van der Waals surface area contributed by atoms with Gasteiger partial charge in [-0.1, -0.05) is 12.1 Å². The molecule has 1 heterocycles. The molecule has 0 spiro atoms. The van der Waals surface area contributed by atoms with Crippen molar-refractivity contribution in [3.63, 3.8) is 0 Å². The second-order valence-corrected chi connectivity index (χ2v) is 4.17. The van der Waals surface area contributed by atoms with Crippen LogP contribution in [-0.4, -0.2) is 17.9 Å². The molecule has 92 valence electrons. The molecule has 0 radical (unpaired) electrons. The van der Waals surface area contributed by atoms with Crippen molar-refractivity contribution >= 4 is 23.2 Å². The summed E-state index contributed by atoms with van der Waals surface area (Å²) in [6.45, 7) is 0. The summed E-state index contributed by atoms with van der Waals surface area (Å²) < 4.78 is 0. The monoisotopic (exact) mass is 260 g/mol. The van der Waals surface area contributed by atoms with Gasteiger partial charge in [-0.15, -0.1) is 11.6 Å². The van der Waals surface area contributed by atoms with Crippen LogP contribution in [0.1, 0.15) is 15.9 Å². The second kappa shape index (κ2) is 5.65. The number of amides is 1. The first kappa shape index (κ1) is 12.6. The van der Waals surface area contributed by atoms with E-state index < -0.39 is 0 Å². The fourth-order valence-corrected chi connectivity index (χ4v) is 1.83. The molecule has 0 aliphatic rings. The highest BCUT2D eigenvalue weighted by atomic mass is 35.5. The van der Waals surface area contributed by atoms with Crippen molar-refractivity contribution in [3.8, 4) is 0 Å². The number of nitrogens with zero attached hydrogens (tertiary/aromatic N) is 2. The summed E-state index contributed by atoms with van der Waals surface area (Å²) >= 11 is 5.77. The van der Waals surface area contributed by atoms with Crippen LogP contribution in [0, 0.1) is 0 Å². The number of benzene rings is 1. The van der Waals surface area contributed by atoms with Crippen molar-refractivity contribution in [1.82, 2.24) is 4.98 Å². The summed E-state index contributed by atoms with van der Waals surface area (Å²) in [6.07, 6.45) is 3.32. The topological polar surface area (TPSA) is 33.2 Å². The highest BCUT2D eigenvalue weighted by Gasteiger charge is 2.13. The molecule has 2 rings (SSSR count). The Hall–Kier alpha value is -1.87. The van der Waals surface area contributed by atoms with Gasteiger partial charge < -0.3 is 4.90 Å². The Labute approximate surface area is 111 Å². The maximum Gasteiger partial charge on any atom is 0.258 e. The molecule has 18 heavy (non-hydrogen) atoms. The van der Waals surface area contributed by atoms with Gasteiger partial charge >= 0.3 is 0 Å². The molecule has 0 saturated heterocycles. The zero-order chi connectivity index (χ0) is 13.0. The highest BCUT2D eigenvalue weighted by Crippen LogP contribution is 2.15. The molecule has 1 aromatic heterocycles. The molecule has 0 fully saturated rings. The Bertz CT molecular complexity index is 543. The Morgan fingerprint density at radius 3 is 2.67 bits per heavy atom. The van der Waals surface area contributed by atoms with E-state index in [1.165, 1.54) is 0 Å². The highest BCUT2D eigenvalue weighted by molar-refractivity contribution is 6.17. The van der Waals surface area contributed by atoms with E-state index in [4.69, 9.17) is 11.6 Å². The van der Waals surface area contributed by atoms with Crippen LogP contribution >= 0.6 is 11.6 Å². The average Bonchev–Trinajstić information content (AvgIpc) is 2.46. The van der Waals surface area contributed by atoms with Gasteiger partial charge in [-0.3, -0.25) is 9.78 Å². The van der Waals surface area contributed by atoms with E-state index in [0.717, 1.165) is 11.3 Å². The molecular weight excluding hydrogens is 248 g/mol. The molecule has 0 aliphatic carbocycles. The maximum atomic E-state index is 12.3. The lowest BCUT2D eigenvalue weighted by atomic mass is 10.1. The molecule has 1 amide bonds. The van der Waals surface area contributed by atoms with Crippen LogP contribution in [0.4, 0.5) is 5.69 Å². The normalized spacial score (nSPS) is 10.1. The molecule has 0 unspecified atom stereocenters. The van der Waals surface area contributed by atoms with Crippen molar-refractivity contribution in [2.45, 2.75) is 5.88 Å². The standard InChI is InChI=1S/C14H13ClN2O/c1-17(13-5-7-16-8-6-13)14(18)12-4-2-3-11(9-12)10-15/h2-9H,10H2,1H3. The minimum absolute atomic E-state index is 0.0619. The van der Waals surface area contributed by atoms with E-state index in [0.29, 0.717) is 11.4 Å². The largest absolute Gasteiger partial charge is 0.311 e. The number of carbonyl (C=O) groups excluding carboxylic acids is 1. The number of hydrogen-bond donors (Lipinski definition) is 0. The van der Waals surface area contributed by atoms with Crippen molar-refractivity contribution in [1.29, 1.82) is 0 Å². The summed E-state index contributed by atoms with van der Waals surface area (Å²) in [5, 5.41) is 0. The molecular formula is C14H13ClN2O. The third kappa shape index (κ3) is 2.68. The molecule has 0 atom stereocenters. The van der Waals surface area contributed by atoms with Crippen LogP contribution in [0.5, 0.6) is 0 Å². The number of alkyl halides is 1.